The van der Waals surface area contributed by atoms with Crippen molar-refractivity contribution in [1.29, 1.82) is 0 Å². The van der Waals surface area contributed by atoms with Crippen LogP contribution < -0.4 is 10.5 Å². The third-order valence-electron chi connectivity index (χ3n) is 3.26. The van der Waals surface area contributed by atoms with Crippen LogP contribution in [0.2, 0.25) is 0 Å². The molecule has 0 spiro atoms. The fourth-order valence-electron chi connectivity index (χ4n) is 1.87. The first kappa shape index (κ1) is 13.1. The van der Waals surface area contributed by atoms with E-state index >= 15 is 0 Å². The van der Waals surface area contributed by atoms with Crippen molar-refractivity contribution in [2.24, 2.45) is 16.8 Å². The van der Waals surface area contributed by atoms with Crippen molar-refractivity contribution in [2.45, 2.75) is 19.3 Å². The van der Waals surface area contributed by atoms with Gasteiger partial charge in [-0.3, -0.25) is 10.1 Å². The summed E-state index contributed by atoms with van der Waals surface area (Å²) in [5.41, 5.74) is 5.51. The van der Waals surface area contributed by atoms with E-state index in [0.717, 1.165) is 12.8 Å². The van der Waals surface area contributed by atoms with Gasteiger partial charge in [0.25, 0.3) is 0 Å². The van der Waals surface area contributed by atoms with Gasteiger partial charge in [-0.1, -0.05) is 11.6 Å². The van der Waals surface area contributed by atoms with E-state index in [-0.39, 0.29) is 22.8 Å². The van der Waals surface area contributed by atoms with Crippen molar-refractivity contribution in [1.82, 2.24) is 0 Å². The van der Waals surface area contributed by atoms with Crippen molar-refractivity contribution in [3.05, 3.63) is 33.9 Å². The Morgan fingerprint density at radius 3 is 2.84 bits per heavy atom. The van der Waals surface area contributed by atoms with Crippen molar-refractivity contribution in [2.75, 3.05) is 6.61 Å². The van der Waals surface area contributed by atoms with Crippen LogP contribution >= 0.6 is 0 Å². The van der Waals surface area contributed by atoms with Gasteiger partial charge in [-0.2, -0.15) is 0 Å². The van der Waals surface area contributed by atoms with Crippen LogP contribution in [0.25, 0.3) is 0 Å². The predicted octanol–water partition coefficient (Wildman–Crippen LogP) is 1.87. The smallest absolute Gasteiger partial charge is 0.311 e. The summed E-state index contributed by atoms with van der Waals surface area (Å²) in [6.07, 6.45) is 3.41. The topological polar surface area (TPSA) is 111 Å². The van der Waals surface area contributed by atoms with E-state index in [9.17, 15) is 10.1 Å². The highest BCUT2D eigenvalue weighted by Crippen LogP contribution is 2.31. The number of oxime groups is 1. The molecule has 1 aliphatic rings. The van der Waals surface area contributed by atoms with Crippen molar-refractivity contribution < 1.29 is 14.9 Å². The van der Waals surface area contributed by atoms with Crippen LogP contribution in [0.3, 0.4) is 0 Å². The third-order valence-corrected chi connectivity index (χ3v) is 3.26. The molecule has 0 amide bonds. The second-order valence-electron chi connectivity index (χ2n) is 4.53. The maximum absolute atomic E-state index is 11.0. The number of hydrogen-bond acceptors (Lipinski definition) is 5. The normalized spacial score (nSPS) is 15.9. The second kappa shape index (κ2) is 5.55. The summed E-state index contributed by atoms with van der Waals surface area (Å²) in [5, 5.41) is 22.4. The van der Waals surface area contributed by atoms with E-state index < -0.39 is 4.92 Å². The van der Waals surface area contributed by atoms with E-state index in [1.54, 1.807) is 0 Å². The molecule has 7 nitrogen and oxygen atoms in total. The number of ether oxygens (including phenoxy) is 1. The van der Waals surface area contributed by atoms with Crippen LogP contribution in [0.5, 0.6) is 5.75 Å². The van der Waals surface area contributed by atoms with E-state index in [0.29, 0.717) is 12.5 Å². The molecule has 0 atom stereocenters. The highest BCUT2D eigenvalue weighted by molar-refractivity contribution is 5.97. The average Bonchev–Trinajstić information content (AvgIpc) is 2.36. The molecule has 0 aliphatic heterocycles. The van der Waals surface area contributed by atoms with E-state index in [4.69, 9.17) is 15.7 Å². The summed E-state index contributed by atoms with van der Waals surface area (Å²) >= 11 is 0. The molecular formula is C12H15N3O4. The van der Waals surface area contributed by atoms with Crippen molar-refractivity contribution >= 4 is 11.5 Å². The van der Waals surface area contributed by atoms with Gasteiger partial charge in [0.2, 0.25) is 0 Å². The second-order valence-corrected chi connectivity index (χ2v) is 4.53. The average molecular weight is 265 g/mol. The molecule has 0 aromatic heterocycles. The standard InChI is InChI=1S/C12H15N3O4/c13-12(14-16)9-4-5-11(10(6-9)15(17)18)19-7-8-2-1-3-8/h4-6,8,16H,1-3,7H2,(H2,13,14). The van der Waals surface area contributed by atoms with Gasteiger partial charge in [0.15, 0.2) is 11.6 Å². The van der Waals surface area contributed by atoms with Gasteiger partial charge in [0.1, 0.15) is 0 Å². The third kappa shape index (κ3) is 2.93. The minimum Gasteiger partial charge on any atom is -0.487 e. The molecule has 1 saturated carbocycles. The summed E-state index contributed by atoms with van der Waals surface area (Å²) < 4.78 is 5.49. The van der Waals surface area contributed by atoms with Crippen LogP contribution in [0, 0.1) is 16.0 Å². The number of nitro groups is 1. The zero-order chi connectivity index (χ0) is 13.8. The Balaban J connectivity index is 2.19. The van der Waals surface area contributed by atoms with Gasteiger partial charge in [0.05, 0.1) is 11.5 Å². The lowest BCUT2D eigenvalue weighted by atomic mass is 9.86. The van der Waals surface area contributed by atoms with Gasteiger partial charge in [-0.15, -0.1) is 0 Å². The number of benzene rings is 1. The summed E-state index contributed by atoms with van der Waals surface area (Å²) in [6.45, 7) is 0.490. The molecule has 102 valence electrons. The van der Waals surface area contributed by atoms with Crippen molar-refractivity contribution in [3.63, 3.8) is 0 Å². The highest BCUT2D eigenvalue weighted by atomic mass is 16.6. The summed E-state index contributed by atoms with van der Waals surface area (Å²) in [4.78, 5) is 10.5. The number of amidine groups is 1. The van der Waals surface area contributed by atoms with Gasteiger partial charge in [0, 0.05) is 11.6 Å². The Morgan fingerprint density at radius 2 is 2.32 bits per heavy atom. The lowest BCUT2D eigenvalue weighted by molar-refractivity contribution is -0.385. The zero-order valence-corrected chi connectivity index (χ0v) is 10.3. The first-order chi connectivity index (χ1) is 9.11. The molecule has 2 rings (SSSR count). The molecular weight excluding hydrogens is 250 g/mol. The lowest BCUT2D eigenvalue weighted by Crippen LogP contribution is -2.19. The molecule has 0 heterocycles. The lowest BCUT2D eigenvalue weighted by Gasteiger charge is -2.25. The Kier molecular flexibility index (Phi) is 3.84. The van der Waals surface area contributed by atoms with Crippen LogP contribution in [0.4, 0.5) is 5.69 Å². The molecule has 19 heavy (non-hydrogen) atoms. The number of nitrogens with zero attached hydrogens (tertiary/aromatic N) is 2. The first-order valence-electron chi connectivity index (χ1n) is 6.01. The van der Waals surface area contributed by atoms with Gasteiger partial charge >= 0.3 is 5.69 Å². The Hall–Kier alpha value is -2.31. The SMILES string of the molecule is NC(=NO)c1ccc(OCC2CCC2)c([N+](=O)[O-])c1. The molecule has 0 radical (unpaired) electrons. The molecule has 3 N–H and O–H groups in total. The Labute approximate surface area is 109 Å². The van der Waals surface area contributed by atoms with Gasteiger partial charge in [-0.25, -0.2) is 0 Å². The van der Waals surface area contributed by atoms with E-state index in [2.05, 4.69) is 5.16 Å². The quantitative estimate of drug-likeness (QED) is 0.277. The van der Waals surface area contributed by atoms with Gasteiger partial charge in [-0.05, 0) is 30.9 Å². The van der Waals surface area contributed by atoms with Crippen LogP contribution in [-0.2, 0) is 0 Å². The van der Waals surface area contributed by atoms with E-state index in [1.165, 1.54) is 24.6 Å². The summed E-state index contributed by atoms with van der Waals surface area (Å²) in [5.74, 6) is 0.531. The minimum absolute atomic E-state index is 0.173. The number of nitro benzene ring substituents is 1. The maximum Gasteiger partial charge on any atom is 0.311 e. The van der Waals surface area contributed by atoms with E-state index in [1.807, 2.05) is 0 Å². The Bertz CT molecular complexity index is 512. The van der Waals surface area contributed by atoms with Gasteiger partial charge < -0.3 is 15.7 Å². The predicted molar refractivity (Wildman–Crippen MR) is 68.4 cm³/mol. The largest absolute Gasteiger partial charge is 0.487 e. The molecule has 1 aromatic rings. The Morgan fingerprint density at radius 1 is 1.58 bits per heavy atom. The van der Waals surface area contributed by atoms with Crippen LogP contribution in [-0.4, -0.2) is 22.6 Å². The molecule has 0 saturated heterocycles. The fourth-order valence-corrected chi connectivity index (χ4v) is 1.87. The number of nitrogens with two attached hydrogens (primary N) is 1. The zero-order valence-electron chi connectivity index (χ0n) is 10.3. The minimum atomic E-state index is -0.537. The van der Waals surface area contributed by atoms with Crippen LogP contribution in [0.1, 0.15) is 24.8 Å². The molecule has 1 aliphatic carbocycles. The van der Waals surface area contributed by atoms with Crippen molar-refractivity contribution in [3.8, 4) is 5.75 Å². The van der Waals surface area contributed by atoms with Crippen LogP contribution in [0.15, 0.2) is 23.4 Å². The molecule has 1 fully saturated rings. The molecule has 1 aromatic carbocycles. The monoisotopic (exact) mass is 265 g/mol. The molecule has 7 heteroatoms. The maximum atomic E-state index is 11.0. The summed E-state index contributed by atoms with van der Waals surface area (Å²) in [7, 11) is 0. The highest BCUT2D eigenvalue weighted by Gasteiger charge is 2.21. The fraction of sp³-hybridized carbons (Fsp3) is 0.417. The molecule has 0 unspecified atom stereocenters. The number of rotatable bonds is 5. The first-order valence-corrected chi connectivity index (χ1v) is 6.01. The number of hydrogen-bond donors (Lipinski definition) is 2. The molecule has 0 bridgehead atoms. The summed E-state index contributed by atoms with van der Waals surface area (Å²) in [6, 6.07) is 4.24.